The first-order valence-corrected chi connectivity index (χ1v) is 3.48. The molecule has 0 aliphatic carbocycles. The van der Waals surface area contributed by atoms with Crippen molar-refractivity contribution in [2.24, 2.45) is 5.73 Å². The predicted octanol–water partition coefficient (Wildman–Crippen LogP) is -0.515. The Labute approximate surface area is 74.6 Å². The second-order valence-corrected chi connectivity index (χ2v) is 2.11. The number of nitrogens with zero attached hydrogens (tertiary/aromatic N) is 2. The lowest BCUT2D eigenvalue weighted by molar-refractivity contribution is 0.0683. The summed E-state index contributed by atoms with van der Waals surface area (Å²) < 4.78 is 0. The van der Waals surface area contributed by atoms with Gasteiger partial charge < -0.3 is 10.8 Å². The van der Waals surface area contributed by atoms with Crippen LogP contribution in [0.3, 0.4) is 0 Å². The minimum Gasteiger partial charge on any atom is -0.475 e. The topological polar surface area (TPSA) is 89.1 Å². The Kier molecular flexibility index (Phi) is 2.95. The highest BCUT2D eigenvalue weighted by atomic mass is 16.4. The van der Waals surface area contributed by atoms with E-state index < -0.39 is 5.97 Å². The van der Waals surface area contributed by atoms with E-state index in [1.54, 1.807) is 0 Å². The smallest absolute Gasteiger partial charge is 0.373 e. The molecule has 0 aliphatic heterocycles. The zero-order chi connectivity index (χ0) is 9.68. The molecule has 0 bridgehead atoms. The number of aromatic nitrogens is 2. The summed E-state index contributed by atoms with van der Waals surface area (Å²) in [5.74, 6) is 3.89. The molecule has 0 amide bonds. The number of hydrogen-bond donors (Lipinski definition) is 2. The standard InChI is InChI=1S/C8H7N3O2/c9-3-1-2-6-4-10-7(8(12)13)11-5-6/h4-5H,3,9H2,(H,12,13). The van der Waals surface area contributed by atoms with E-state index in [4.69, 9.17) is 10.8 Å². The molecule has 0 radical (unpaired) electrons. The summed E-state index contributed by atoms with van der Waals surface area (Å²) in [6.45, 7) is 0.251. The molecule has 0 saturated carbocycles. The quantitative estimate of drug-likeness (QED) is 0.563. The molecule has 5 heteroatoms. The Morgan fingerprint density at radius 3 is 2.62 bits per heavy atom. The van der Waals surface area contributed by atoms with Gasteiger partial charge in [-0.2, -0.15) is 0 Å². The second-order valence-electron chi connectivity index (χ2n) is 2.11. The van der Waals surface area contributed by atoms with Crippen molar-refractivity contribution in [3.63, 3.8) is 0 Å². The van der Waals surface area contributed by atoms with Gasteiger partial charge in [0.05, 0.1) is 12.1 Å². The normalized spacial score (nSPS) is 8.69. The van der Waals surface area contributed by atoms with Crippen LogP contribution in [0.5, 0.6) is 0 Å². The summed E-state index contributed by atoms with van der Waals surface area (Å²) >= 11 is 0. The monoisotopic (exact) mass is 177 g/mol. The van der Waals surface area contributed by atoms with Gasteiger partial charge in [-0.1, -0.05) is 11.8 Å². The van der Waals surface area contributed by atoms with Gasteiger partial charge in [-0.05, 0) is 0 Å². The molecule has 1 rings (SSSR count). The largest absolute Gasteiger partial charge is 0.475 e. The highest BCUT2D eigenvalue weighted by molar-refractivity contribution is 5.82. The molecule has 0 spiro atoms. The lowest BCUT2D eigenvalue weighted by Crippen LogP contribution is -2.03. The van der Waals surface area contributed by atoms with E-state index in [9.17, 15) is 4.79 Å². The second kappa shape index (κ2) is 4.18. The number of nitrogens with two attached hydrogens (primary N) is 1. The maximum Gasteiger partial charge on any atom is 0.373 e. The zero-order valence-electron chi connectivity index (χ0n) is 6.69. The first-order chi connectivity index (χ1) is 6.24. The van der Waals surface area contributed by atoms with Crippen LogP contribution in [0, 0.1) is 11.8 Å². The maximum absolute atomic E-state index is 10.3. The third kappa shape index (κ3) is 2.54. The van der Waals surface area contributed by atoms with Crippen molar-refractivity contribution < 1.29 is 9.90 Å². The predicted molar refractivity (Wildman–Crippen MR) is 44.9 cm³/mol. The van der Waals surface area contributed by atoms with E-state index in [1.165, 1.54) is 12.4 Å². The van der Waals surface area contributed by atoms with Crippen LogP contribution in [0.25, 0.3) is 0 Å². The SMILES string of the molecule is NCC#Cc1cnc(C(=O)O)nc1. The molecule has 0 fully saturated rings. The Balaban J connectivity index is 2.87. The van der Waals surface area contributed by atoms with Gasteiger partial charge in [0.1, 0.15) is 0 Å². The Bertz CT molecular complexity index is 361. The van der Waals surface area contributed by atoms with Crippen LogP contribution in [-0.4, -0.2) is 27.6 Å². The molecule has 1 heterocycles. The van der Waals surface area contributed by atoms with E-state index in [-0.39, 0.29) is 12.4 Å². The molecule has 3 N–H and O–H groups in total. The summed E-state index contributed by atoms with van der Waals surface area (Å²) in [5, 5.41) is 8.47. The van der Waals surface area contributed by atoms with Crippen LogP contribution in [0.15, 0.2) is 12.4 Å². The average molecular weight is 177 g/mol. The molecule has 1 aromatic heterocycles. The van der Waals surface area contributed by atoms with Crippen LogP contribution in [0.2, 0.25) is 0 Å². The molecule has 0 aliphatic rings. The minimum atomic E-state index is -1.15. The molecule has 0 saturated heterocycles. The first kappa shape index (κ1) is 9.16. The molecule has 13 heavy (non-hydrogen) atoms. The van der Waals surface area contributed by atoms with Gasteiger partial charge in [0.2, 0.25) is 5.82 Å². The number of rotatable bonds is 1. The maximum atomic E-state index is 10.3. The van der Waals surface area contributed by atoms with Gasteiger partial charge in [-0.15, -0.1) is 0 Å². The third-order valence-corrected chi connectivity index (χ3v) is 1.18. The number of carbonyl (C=O) groups is 1. The fourth-order valence-corrected chi connectivity index (χ4v) is 0.656. The lowest BCUT2D eigenvalue weighted by Gasteiger charge is -1.91. The van der Waals surface area contributed by atoms with Crippen molar-refractivity contribution >= 4 is 5.97 Å². The highest BCUT2D eigenvalue weighted by Gasteiger charge is 2.03. The van der Waals surface area contributed by atoms with Gasteiger partial charge in [-0.3, -0.25) is 0 Å². The van der Waals surface area contributed by atoms with E-state index in [0.717, 1.165) is 0 Å². The molecule has 0 atom stereocenters. The van der Waals surface area contributed by atoms with Gasteiger partial charge >= 0.3 is 5.97 Å². The van der Waals surface area contributed by atoms with E-state index in [2.05, 4.69) is 21.8 Å². The average Bonchev–Trinajstić information content (AvgIpc) is 2.15. The molecule has 0 unspecified atom stereocenters. The van der Waals surface area contributed by atoms with Crippen LogP contribution in [0.4, 0.5) is 0 Å². The minimum absolute atomic E-state index is 0.238. The fourth-order valence-electron chi connectivity index (χ4n) is 0.656. The number of carboxylic acids is 1. The molecule has 1 aromatic rings. The summed E-state index contributed by atoms with van der Waals surface area (Å²) in [6, 6.07) is 0. The fraction of sp³-hybridized carbons (Fsp3) is 0.125. The summed E-state index contributed by atoms with van der Waals surface area (Å²) in [7, 11) is 0. The number of hydrogen-bond acceptors (Lipinski definition) is 4. The van der Waals surface area contributed by atoms with E-state index in [0.29, 0.717) is 5.56 Å². The van der Waals surface area contributed by atoms with Gasteiger partial charge in [0.25, 0.3) is 0 Å². The Hall–Kier alpha value is -1.93. The molecule has 66 valence electrons. The van der Waals surface area contributed by atoms with Crippen LogP contribution in [-0.2, 0) is 0 Å². The van der Waals surface area contributed by atoms with Gasteiger partial charge in [-0.25, -0.2) is 14.8 Å². The van der Waals surface area contributed by atoms with Gasteiger partial charge in [0.15, 0.2) is 0 Å². The van der Waals surface area contributed by atoms with Crippen molar-refractivity contribution in [2.45, 2.75) is 0 Å². The zero-order valence-corrected chi connectivity index (χ0v) is 6.69. The number of carboxylic acid groups (broad SMARTS) is 1. The summed E-state index contributed by atoms with van der Waals surface area (Å²) in [4.78, 5) is 17.5. The van der Waals surface area contributed by atoms with Crippen LogP contribution >= 0.6 is 0 Å². The first-order valence-electron chi connectivity index (χ1n) is 3.48. The Morgan fingerprint density at radius 1 is 1.54 bits per heavy atom. The van der Waals surface area contributed by atoms with Crippen LogP contribution in [0.1, 0.15) is 16.2 Å². The van der Waals surface area contributed by atoms with Crippen molar-refractivity contribution in [2.75, 3.05) is 6.54 Å². The molecular formula is C8H7N3O2. The molecular weight excluding hydrogens is 170 g/mol. The third-order valence-electron chi connectivity index (χ3n) is 1.18. The Morgan fingerprint density at radius 2 is 2.15 bits per heavy atom. The lowest BCUT2D eigenvalue weighted by atomic mass is 10.3. The van der Waals surface area contributed by atoms with Gasteiger partial charge in [0, 0.05) is 12.4 Å². The van der Waals surface area contributed by atoms with E-state index >= 15 is 0 Å². The molecule has 5 nitrogen and oxygen atoms in total. The van der Waals surface area contributed by atoms with Crippen molar-refractivity contribution in [3.05, 3.63) is 23.8 Å². The number of aromatic carboxylic acids is 1. The summed E-state index contributed by atoms with van der Waals surface area (Å²) in [5.41, 5.74) is 5.70. The van der Waals surface area contributed by atoms with Crippen molar-refractivity contribution in [1.82, 2.24) is 9.97 Å². The van der Waals surface area contributed by atoms with E-state index in [1.807, 2.05) is 0 Å². The van der Waals surface area contributed by atoms with Crippen LogP contribution < -0.4 is 5.73 Å². The summed E-state index contributed by atoms with van der Waals surface area (Å²) in [6.07, 6.45) is 2.69. The van der Waals surface area contributed by atoms with Crippen molar-refractivity contribution in [1.29, 1.82) is 0 Å². The van der Waals surface area contributed by atoms with Crippen molar-refractivity contribution in [3.8, 4) is 11.8 Å². The highest BCUT2D eigenvalue weighted by Crippen LogP contribution is 1.93. The molecule has 0 aromatic carbocycles.